The summed E-state index contributed by atoms with van der Waals surface area (Å²) in [5.74, 6) is -0.703. The van der Waals surface area contributed by atoms with Crippen molar-refractivity contribution in [2.45, 2.75) is 140 Å². The number of hydrogen-bond acceptors (Lipinski definition) is 13. The lowest BCUT2D eigenvalue weighted by molar-refractivity contribution is -0.140. The second-order valence-electron chi connectivity index (χ2n) is 18.5. The molecule has 0 spiro atoms. The van der Waals surface area contributed by atoms with Crippen molar-refractivity contribution in [3.63, 3.8) is 0 Å². The molecular weight excluding hydrogens is 847 g/mol. The first-order chi connectivity index (χ1) is 29.5. The lowest BCUT2D eigenvalue weighted by Gasteiger charge is -2.30. The van der Waals surface area contributed by atoms with Gasteiger partial charge in [-0.15, -0.1) is 22.7 Å². The van der Waals surface area contributed by atoms with E-state index in [4.69, 9.17) is 24.4 Å². The number of methoxy groups -OCH3 is 1. The Morgan fingerprint density at radius 3 is 2.52 bits per heavy atom. The maximum absolute atomic E-state index is 15.0. The van der Waals surface area contributed by atoms with Crippen molar-refractivity contribution in [3.05, 3.63) is 58.1 Å². The molecule has 4 aromatic rings. The fourth-order valence-corrected chi connectivity index (χ4v) is 11.6. The predicted molar refractivity (Wildman–Crippen MR) is 242 cm³/mol. The van der Waals surface area contributed by atoms with Crippen molar-refractivity contribution < 1.29 is 32.3 Å². The highest BCUT2D eigenvalue weighted by Crippen LogP contribution is 2.46. The highest BCUT2D eigenvalue weighted by atomic mass is 32.2. The van der Waals surface area contributed by atoms with Crippen LogP contribution in [-0.2, 0) is 29.8 Å². The fraction of sp³-hybridized carbons (Fsp3) is 0.556. The van der Waals surface area contributed by atoms with Gasteiger partial charge in [-0.1, -0.05) is 59.6 Å². The molecule has 2 aliphatic carbocycles. The molecule has 3 N–H and O–H groups in total. The minimum Gasteiger partial charge on any atom is -0.496 e. The number of aryl methyl sites for hydroxylation is 1. The second-order valence-corrected chi connectivity index (χ2v) is 22.2. The molecule has 332 valence electrons. The number of thiazole rings is 2. The zero-order valence-corrected chi connectivity index (χ0v) is 38.9. The number of rotatable bonds is 10. The minimum atomic E-state index is -3.89. The molecule has 1 saturated heterocycles. The van der Waals surface area contributed by atoms with Crippen LogP contribution in [0.15, 0.2) is 41.1 Å². The average Bonchev–Trinajstić information content (AvgIpc) is 3.99. The van der Waals surface area contributed by atoms with Crippen LogP contribution < -0.4 is 24.8 Å². The number of ether oxygens (including phenoxy) is 2. The van der Waals surface area contributed by atoms with Crippen LogP contribution in [-0.4, -0.2) is 88.6 Å². The molecule has 5 heterocycles. The Bertz CT molecular complexity index is 2510. The first kappa shape index (κ1) is 44.0. The van der Waals surface area contributed by atoms with Crippen molar-refractivity contribution in [1.82, 2.24) is 29.9 Å². The van der Waals surface area contributed by atoms with Crippen molar-refractivity contribution in [2.75, 3.05) is 19.0 Å². The molecule has 3 amide bonds. The first-order valence-electron chi connectivity index (χ1n) is 21.7. The number of fused-ring (bicyclic) bond motifs is 3. The van der Waals surface area contributed by atoms with E-state index < -0.39 is 56.7 Å². The van der Waals surface area contributed by atoms with Gasteiger partial charge in [-0.3, -0.25) is 19.1 Å². The Morgan fingerprint density at radius 1 is 1.03 bits per heavy atom. The van der Waals surface area contributed by atoms with E-state index in [9.17, 15) is 18.0 Å². The van der Waals surface area contributed by atoms with E-state index in [0.717, 1.165) is 58.4 Å². The molecule has 0 radical (unpaired) electrons. The molecule has 5 atom stereocenters. The number of amides is 3. The van der Waals surface area contributed by atoms with E-state index in [1.807, 2.05) is 48.0 Å². The SMILES string of the molecule is COc1ccc2c(O[C@@H]3C[C@H]4C(=O)N[C@]5(C(=O)NS(=O)(=O)C6CC6)C[C@H]5/C=C\CCCCC[C@H](Nc5nc(C(C)(C)C)cs5)C(=O)N4C3)nc(-c3nc(C(C)C)cs3)cc2c1C. The van der Waals surface area contributed by atoms with Crippen LogP contribution in [0.1, 0.15) is 115 Å². The summed E-state index contributed by atoms with van der Waals surface area (Å²) in [6, 6.07) is 4.03. The fourth-order valence-electron chi connectivity index (χ4n) is 8.35. The Labute approximate surface area is 371 Å². The summed E-state index contributed by atoms with van der Waals surface area (Å²) in [7, 11) is -2.26. The van der Waals surface area contributed by atoms with Gasteiger partial charge in [-0.25, -0.2) is 23.4 Å². The number of pyridine rings is 1. The Kier molecular flexibility index (Phi) is 12.2. The third-order valence-electron chi connectivity index (χ3n) is 12.4. The van der Waals surface area contributed by atoms with Crippen molar-refractivity contribution in [2.24, 2.45) is 5.92 Å². The lowest BCUT2D eigenvalue weighted by atomic mass is 9.93. The van der Waals surface area contributed by atoms with E-state index in [0.29, 0.717) is 41.7 Å². The zero-order valence-electron chi connectivity index (χ0n) is 36.4. The molecule has 2 saturated carbocycles. The molecule has 0 unspecified atom stereocenters. The normalized spacial score (nSPS) is 25.3. The van der Waals surface area contributed by atoms with E-state index in [1.54, 1.807) is 12.0 Å². The standard InChI is InChI=1S/C45H57N7O7S3/c1-25(2)34-23-60-40(47-34)33-20-31-26(3)36(58-7)18-17-30(31)39(46-33)59-28-19-35-38(53)50-45(42(55)51-62(56,57)29-15-16-29)21-27(45)13-11-9-8-10-12-14-32(41(54)52(35)22-28)48-43-49-37(24-61-43)44(4,5)6/h11,13,17-18,20,23-25,27-29,32,35H,8-10,12,14-16,19,21-22H2,1-7H3,(H,48,49)(H,50,53)(H,51,55)/b13-11-/t27-,28-,32+,35+,45-/m1/s1. The van der Waals surface area contributed by atoms with Crippen LogP contribution in [0.25, 0.3) is 21.5 Å². The van der Waals surface area contributed by atoms with Gasteiger partial charge in [0.2, 0.25) is 27.7 Å². The van der Waals surface area contributed by atoms with Crippen LogP contribution in [0, 0.1) is 12.8 Å². The summed E-state index contributed by atoms with van der Waals surface area (Å²) in [5, 5.41) is 12.8. The average molecular weight is 904 g/mol. The Morgan fingerprint density at radius 2 is 1.82 bits per heavy atom. The molecule has 3 fully saturated rings. The number of nitrogens with zero attached hydrogens (tertiary/aromatic N) is 4. The van der Waals surface area contributed by atoms with Crippen LogP contribution in [0.5, 0.6) is 11.6 Å². The summed E-state index contributed by atoms with van der Waals surface area (Å²) >= 11 is 2.95. The maximum Gasteiger partial charge on any atom is 0.259 e. The summed E-state index contributed by atoms with van der Waals surface area (Å²) in [6.07, 6.45) is 8.32. The topological polar surface area (TPSA) is 182 Å². The molecule has 62 heavy (non-hydrogen) atoms. The number of carbonyl (C=O) groups is 3. The second kappa shape index (κ2) is 17.2. The Hall–Kier alpha value is -4.61. The number of nitrogens with one attached hydrogen (secondary N) is 3. The smallest absolute Gasteiger partial charge is 0.259 e. The number of aromatic nitrogens is 3. The van der Waals surface area contributed by atoms with E-state index in [2.05, 4.69) is 50.0 Å². The largest absolute Gasteiger partial charge is 0.496 e. The summed E-state index contributed by atoms with van der Waals surface area (Å²) in [5.41, 5.74) is 1.74. The van der Waals surface area contributed by atoms with Crippen LogP contribution in [0.4, 0.5) is 5.13 Å². The van der Waals surface area contributed by atoms with E-state index in [1.165, 1.54) is 22.7 Å². The zero-order chi connectivity index (χ0) is 44.1. The minimum absolute atomic E-state index is 0.0656. The molecular formula is C45H57N7O7S3. The lowest BCUT2D eigenvalue weighted by Crippen LogP contribution is -2.57. The van der Waals surface area contributed by atoms with Crippen LogP contribution in [0.2, 0.25) is 0 Å². The van der Waals surface area contributed by atoms with Gasteiger partial charge in [0, 0.05) is 33.9 Å². The highest BCUT2D eigenvalue weighted by Gasteiger charge is 2.62. The number of sulfonamides is 1. The molecule has 2 aliphatic heterocycles. The van der Waals surface area contributed by atoms with E-state index >= 15 is 4.79 Å². The van der Waals surface area contributed by atoms with Crippen LogP contribution >= 0.6 is 22.7 Å². The molecule has 1 aromatic carbocycles. The van der Waals surface area contributed by atoms with Gasteiger partial charge in [0.05, 0.1) is 30.3 Å². The van der Waals surface area contributed by atoms with Gasteiger partial charge in [0.1, 0.15) is 40.2 Å². The van der Waals surface area contributed by atoms with Gasteiger partial charge >= 0.3 is 0 Å². The molecule has 17 heteroatoms. The monoisotopic (exact) mass is 903 g/mol. The third kappa shape index (κ3) is 9.07. The molecule has 3 aromatic heterocycles. The molecule has 4 aliphatic rings. The van der Waals surface area contributed by atoms with Gasteiger partial charge in [0.25, 0.3) is 5.91 Å². The maximum atomic E-state index is 15.0. The summed E-state index contributed by atoms with van der Waals surface area (Å²) < 4.78 is 40.8. The van der Waals surface area contributed by atoms with Crippen molar-refractivity contribution >= 4 is 66.3 Å². The number of allylic oxidation sites excluding steroid dienone is 1. The van der Waals surface area contributed by atoms with Crippen molar-refractivity contribution in [1.29, 1.82) is 0 Å². The van der Waals surface area contributed by atoms with Crippen LogP contribution in [0.3, 0.4) is 0 Å². The molecule has 14 nitrogen and oxygen atoms in total. The van der Waals surface area contributed by atoms with Crippen molar-refractivity contribution in [3.8, 4) is 22.3 Å². The number of anilines is 1. The van der Waals surface area contributed by atoms with Gasteiger partial charge < -0.3 is 25.0 Å². The first-order valence-corrected chi connectivity index (χ1v) is 25.0. The molecule has 0 bridgehead atoms. The molecule has 8 rings (SSSR count). The van der Waals surface area contributed by atoms with Gasteiger partial charge in [0.15, 0.2) is 5.13 Å². The quantitative estimate of drug-likeness (QED) is 0.135. The summed E-state index contributed by atoms with van der Waals surface area (Å²) in [6.45, 7) is 12.5. The van der Waals surface area contributed by atoms with Gasteiger partial charge in [-0.2, -0.15) is 0 Å². The number of benzene rings is 1. The Balaban J connectivity index is 1.15. The number of carbonyl (C=O) groups excluding carboxylic acids is 3. The highest BCUT2D eigenvalue weighted by molar-refractivity contribution is 7.91. The third-order valence-corrected chi connectivity index (χ3v) is 15.9. The van der Waals surface area contributed by atoms with Gasteiger partial charge in [-0.05, 0) is 80.5 Å². The number of hydrogen-bond donors (Lipinski definition) is 3. The van der Waals surface area contributed by atoms with E-state index in [-0.39, 0.29) is 36.6 Å². The summed E-state index contributed by atoms with van der Waals surface area (Å²) in [4.78, 5) is 60.0. The predicted octanol–water partition coefficient (Wildman–Crippen LogP) is 7.39.